The van der Waals surface area contributed by atoms with Crippen molar-refractivity contribution >= 4 is 6.29 Å². The van der Waals surface area contributed by atoms with E-state index in [2.05, 4.69) is 52.0 Å². The maximum absolute atomic E-state index is 11.4. The molecule has 1 nitrogen and oxygen atoms in total. The topological polar surface area (TPSA) is 17.1 Å². The van der Waals surface area contributed by atoms with Crippen LogP contribution in [0.15, 0.2) is 30.4 Å². The van der Waals surface area contributed by atoms with Gasteiger partial charge in [0, 0.05) is 5.92 Å². The molecule has 0 spiro atoms. The Morgan fingerprint density at radius 2 is 1.71 bits per heavy atom. The maximum atomic E-state index is 11.4. The zero-order chi connectivity index (χ0) is 15.7. The SMILES string of the molecule is CC=CCC(C=O)c1ccc2c(c1)C(C)(C)CCC2(C)C. The molecule has 1 aliphatic rings. The molecular formula is C20H28O. The minimum Gasteiger partial charge on any atom is -0.303 e. The van der Waals surface area contributed by atoms with E-state index in [0.717, 1.165) is 18.3 Å². The summed E-state index contributed by atoms with van der Waals surface area (Å²) in [4.78, 5) is 11.4. The molecule has 0 bridgehead atoms. The second-order valence-electron chi connectivity index (χ2n) is 7.62. The van der Waals surface area contributed by atoms with Crippen LogP contribution in [-0.2, 0) is 15.6 Å². The smallest absolute Gasteiger partial charge is 0.127 e. The number of carbonyl (C=O) groups is 1. The lowest BCUT2D eigenvalue weighted by Gasteiger charge is -2.42. The van der Waals surface area contributed by atoms with Gasteiger partial charge in [0.15, 0.2) is 0 Å². The van der Waals surface area contributed by atoms with Crippen LogP contribution < -0.4 is 0 Å². The molecule has 0 saturated heterocycles. The number of hydrogen-bond donors (Lipinski definition) is 0. The van der Waals surface area contributed by atoms with Crippen LogP contribution >= 0.6 is 0 Å². The summed E-state index contributed by atoms with van der Waals surface area (Å²) in [5, 5.41) is 0. The van der Waals surface area contributed by atoms with Crippen molar-refractivity contribution in [2.45, 2.75) is 70.6 Å². The van der Waals surface area contributed by atoms with Gasteiger partial charge in [-0.2, -0.15) is 0 Å². The molecule has 114 valence electrons. The van der Waals surface area contributed by atoms with Crippen LogP contribution in [0.1, 0.15) is 76.5 Å². The standard InChI is InChI=1S/C20H28O/c1-6-7-8-16(14-21)15-9-10-17-18(13-15)20(4,5)12-11-19(17,2)3/h6-7,9-10,13-14,16H,8,11-12H2,1-5H3. The summed E-state index contributed by atoms with van der Waals surface area (Å²) in [5.41, 5.74) is 4.49. The zero-order valence-electron chi connectivity index (χ0n) is 14.1. The first-order valence-corrected chi connectivity index (χ1v) is 8.03. The van der Waals surface area contributed by atoms with Gasteiger partial charge in [0.2, 0.25) is 0 Å². The van der Waals surface area contributed by atoms with Gasteiger partial charge in [-0.3, -0.25) is 0 Å². The third kappa shape index (κ3) is 3.12. The van der Waals surface area contributed by atoms with E-state index in [1.807, 2.05) is 13.0 Å². The first-order chi connectivity index (χ1) is 9.81. The van der Waals surface area contributed by atoms with Crippen molar-refractivity contribution < 1.29 is 4.79 Å². The summed E-state index contributed by atoms with van der Waals surface area (Å²) in [6.45, 7) is 11.3. The number of allylic oxidation sites excluding steroid dienone is 2. The van der Waals surface area contributed by atoms with Gasteiger partial charge in [0.1, 0.15) is 6.29 Å². The van der Waals surface area contributed by atoms with E-state index in [1.165, 1.54) is 24.0 Å². The number of rotatable bonds is 4. The highest BCUT2D eigenvalue weighted by Gasteiger charge is 2.37. The van der Waals surface area contributed by atoms with Crippen molar-refractivity contribution in [3.63, 3.8) is 0 Å². The normalized spacial score (nSPS) is 21.0. The van der Waals surface area contributed by atoms with Crippen LogP contribution in [0, 0.1) is 0 Å². The molecule has 0 aliphatic heterocycles. The molecule has 1 aromatic carbocycles. The van der Waals surface area contributed by atoms with Crippen LogP contribution in [0.5, 0.6) is 0 Å². The predicted octanol–water partition coefficient (Wildman–Crippen LogP) is 5.28. The lowest BCUT2D eigenvalue weighted by molar-refractivity contribution is -0.109. The van der Waals surface area contributed by atoms with Gasteiger partial charge in [-0.25, -0.2) is 0 Å². The number of hydrogen-bond acceptors (Lipinski definition) is 1. The van der Waals surface area contributed by atoms with Crippen LogP contribution in [0.2, 0.25) is 0 Å². The van der Waals surface area contributed by atoms with Gasteiger partial charge >= 0.3 is 0 Å². The summed E-state index contributed by atoms with van der Waals surface area (Å²) in [6.07, 6.45) is 8.40. The Morgan fingerprint density at radius 1 is 1.10 bits per heavy atom. The molecule has 1 aromatic rings. The van der Waals surface area contributed by atoms with Crippen molar-refractivity contribution in [2.24, 2.45) is 0 Å². The monoisotopic (exact) mass is 284 g/mol. The molecule has 1 aliphatic carbocycles. The average Bonchev–Trinajstić information content (AvgIpc) is 2.45. The predicted molar refractivity (Wildman–Crippen MR) is 90.0 cm³/mol. The fourth-order valence-corrected chi connectivity index (χ4v) is 3.39. The summed E-state index contributed by atoms with van der Waals surface area (Å²) >= 11 is 0. The molecular weight excluding hydrogens is 256 g/mol. The number of benzene rings is 1. The zero-order valence-corrected chi connectivity index (χ0v) is 14.1. The summed E-state index contributed by atoms with van der Waals surface area (Å²) in [5.74, 6) is -0.0210. The quantitative estimate of drug-likeness (QED) is 0.542. The van der Waals surface area contributed by atoms with Gasteiger partial charge < -0.3 is 4.79 Å². The van der Waals surface area contributed by atoms with Crippen LogP contribution in [0.25, 0.3) is 0 Å². The summed E-state index contributed by atoms with van der Waals surface area (Å²) in [6, 6.07) is 6.71. The third-order valence-corrected chi connectivity index (χ3v) is 5.10. The molecule has 1 atom stereocenters. The number of aldehydes is 1. The third-order valence-electron chi connectivity index (χ3n) is 5.10. The molecule has 21 heavy (non-hydrogen) atoms. The Bertz CT molecular complexity index is 549. The van der Waals surface area contributed by atoms with E-state index >= 15 is 0 Å². The van der Waals surface area contributed by atoms with Gasteiger partial charge in [-0.05, 0) is 53.7 Å². The molecule has 0 aromatic heterocycles. The van der Waals surface area contributed by atoms with Gasteiger partial charge in [-0.1, -0.05) is 58.0 Å². The first kappa shape index (κ1) is 16.0. The molecule has 1 unspecified atom stereocenters. The molecule has 0 amide bonds. The Morgan fingerprint density at radius 3 is 2.29 bits per heavy atom. The Balaban J connectivity index is 2.47. The second-order valence-corrected chi connectivity index (χ2v) is 7.62. The van der Waals surface area contributed by atoms with E-state index < -0.39 is 0 Å². The lowest BCUT2D eigenvalue weighted by Crippen LogP contribution is -2.34. The molecule has 0 N–H and O–H groups in total. The Kier molecular flexibility index (Phi) is 4.41. The molecule has 0 heterocycles. The minimum atomic E-state index is -0.0210. The van der Waals surface area contributed by atoms with E-state index in [1.54, 1.807) is 0 Å². The molecule has 1 heteroatoms. The second kappa shape index (κ2) is 5.79. The largest absolute Gasteiger partial charge is 0.303 e. The van der Waals surface area contributed by atoms with E-state index in [0.29, 0.717) is 0 Å². The highest BCUT2D eigenvalue weighted by molar-refractivity contribution is 5.63. The fraction of sp³-hybridized carbons (Fsp3) is 0.550. The van der Waals surface area contributed by atoms with Gasteiger partial charge in [0.05, 0.1) is 0 Å². The Hall–Kier alpha value is -1.37. The van der Waals surface area contributed by atoms with Crippen LogP contribution in [0.3, 0.4) is 0 Å². The van der Waals surface area contributed by atoms with Gasteiger partial charge in [-0.15, -0.1) is 0 Å². The lowest BCUT2D eigenvalue weighted by atomic mass is 9.62. The molecule has 0 radical (unpaired) electrons. The van der Waals surface area contributed by atoms with E-state index in [4.69, 9.17) is 0 Å². The number of carbonyl (C=O) groups excluding carboxylic acids is 1. The van der Waals surface area contributed by atoms with Crippen LogP contribution in [0.4, 0.5) is 0 Å². The first-order valence-electron chi connectivity index (χ1n) is 8.03. The van der Waals surface area contributed by atoms with Crippen molar-refractivity contribution in [1.29, 1.82) is 0 Å². The Labute approximate surface area is 129 Å². The van der Waals surface area contributed by atoms with Crippen molar-refractivity contribution in [1.82, 2.24) is 0 Å². The van der Waals surface area contributed by atoms with Crippen molar-refractivity contribution in [3.8, 4) is 0 Å². The highest BCUT2D eigenvalue weighted by Crippen LogP contribution is 2.46. The summed E-state index contributed by atoms with van der Waals surface area (Å²) < 4.78 is 0. The van der Waals surface area contributed by atoms with Crippen molar-refractivity contribution in [2.75, 3.05) is 0 Å². The highest BCUT2D eigenvalue weighted by atomic mass is 16.1. The minimum absolute atomic E-state index is 0.0210. The number of fused-ring (bicyclic) bond motifs is 1. The van der Waals surface area contributed by atoms with E-state index in [-0.39, 0.29) is 16.7 Å². The molecule has 0 fully saturated rings. The van der Waals surface area contributed by atoms with Gasteiger partial charge in [0.25, 0.3) is 0 Å². The molecule has 0 saturated carbocycles. The average molecular weight is 284 g/mol. The van der Waals surface area contributed by atoms with Crippen LogP contribution in [-0.4, -0.2) is 6.29 Å². The maximum Gasteiger partial charge on any atom is 0.127 e. The van der Waals surface area contributed by atoms with Crippen molar-refractivity contribution in [3.05, 3.63) is 47.0 Å². The van der Waals surface area contributed by atoms with E-state index in [9.17, 15) is 4.79 Å². The fourth-order valence-electron chi connectivity index (χ4n) is 3.39. The summed E-state index contributed by atoms with van der Waals surface area (Å²) in [7, 11) is 0. The molecule has 2 rings (SSSR count).